The summed E-state index contributed by atoms with van der Waals surface area (Å²) in [5, 5.41) is 20.5. The number of phenols is 1. The second-order valence-electron chi connectivity index (χ2n) is 11.4. The van der Waals surface area contributed by atoms with Gasteiger partial charge in [0.1, 0.15) is 0 Å². The molecule has 3 aliphatic rings. The second-order valence-corrected chi connectivity index (χ2v) is 11.4. The van der Waals surface area contributed by atoms with Crippen molar-refractivity contribution < 1.29 is 38.4 Å². The summed E-state index contributed by atoms with van der Waals surface area (Å²) < 4.78 is 27.9. The zero-order valence-electron chi connectivity index (χ0n) is 25.5. The first-order valence-electron chi connectivity index (χ1n) is 15.4. The SMILES string of the molecule is COc1cc(C2c3cc4c(cc3[C@@H](NC(=O)CCNCCCCNCCCCN)[C@H]3COC(=O)[C@H]23)OCO4)cc(OC)c1O. The number of fused-ring (bicyclic) bond motifs is 3. The Morgan fingerprint density at radius 3 is 2.16 bits per heavy atom. The van der Waals surface area contributed by atoms with E-state index in [0.29, 0.717) is 30.0 Å². The molecule has 1 aliphatic carbocycles. The van der Waals surface area contributed by atoms with E-state index in [1.165, 1.54) is 14.2 Å². The number of phenolic OH excluding ortho intramolecular Hbond substituents is 1. The number of methoxy groups -OCH3 is 2. The average Bonchev–Trinajstić information content (AvgIpc) is 3.65. The fraction of sp³-hybridized carbons (Fsp3) is 0.562. The molecule has 2 heterocycles. The van der Waals surface area contributed by atoms with Crippen LogP contribution in [0.15, 0.2) is 24.3 Å². The van der Waals surface area contributed by atoms with Crippen molar-refractivity contribution in [2.45, 2.75) is 44.1 Å². The van der Waals surface area contributed by atoms with E-state index >= 15 is 0 Å². The number of carbonyl (C=O) groups excluding carboxylic acids is 2. The third-order valence-electron chi connectivity index (χ3n) is 8.66. The first-order chi connectivity index (χ1) is 21.5. The molecule has 0 bridgehead atoms. The minimum atomic E-state index is -0.589. The molecule has 0 radical (unpaired) electrons. The van der Waals surface area contributed by atoms with Gasteiger partial charge in [-0.15, -0.1) is 0 Å². The van der Waals surface area contributed by atoms with Gasteiger partial charge in [-0.3, -0.25) is 9.59 Å². The Kier molecular flexibility index (Phi) is 10.7. The average molecular weight is 613 g/mol. The molecule has 240 valence electrons. The van der Waals surface area contributed by atoms with Crippen molar-refractivity contribution in [1.82, 2.24) is 16.0 Å². The highest BCUT2D eigenvalue weighted by molar-refractivity contribution is 5.81. The summed E-state index contributed by atoms with van der Waals surface area (Å²) in [6.45, 7) is 4.34. The predicted octanol–water partition coefficient (Wildman–Crippen LogP) is 2.32. The van der Waals surface area contributed by atoms with E-state index in [9.17, 15) is 14.7 Å². The molecule has 2 aromatic carbocycles. The van der Waals surface area contributed by atoms with Gasteiger partial charge >= 0.3 is 5.97 Å². The maximum atomic E-state index is 13.3. The number of benzene rings is 2. The molecule has 0 spiro atoms. The van der Waals surface area contributed by atoms with Crippen molar-refractivity contribution in [3.05, 3.63) is 41.0 Å². The number of carbonyl (C=O) groups is 2. The summed E-state index contributed by atoms with van der Waals surface area (Å²) in [4.78, 5) is 26.5. The lowest BCUT2D eigenvalue weighted by Gasteiger charge is -2.39. The molecule has 12 nitrogen and oxygen atoms in total. The van der Waals surface area contributed by atoms with E-state index in [0.717, 1.165) is 63.0 Å². The van der Waals surface area contributed by atoms with Gasteiger partial charge in [0.2, 0.25) is 18.4 Å². The quantitative estimate of drug-likeness (QED) is 0.140. The Labute approximate surface area is 257 Å². The number of nitrogens with two attached hydrogens (primary N) is 1. The van der Waals surface area contributed by atoms with Crippen molar-refractivity contribution in [3.63, 3.8) is 0 Å². The predicted molar refractivity (Wildman–Crippen MR) is 162 cm³/mol. The van der Waals surface area contributed by atoms with Crippen molar-refractivity contribution in [2.75, 3.05) is 60.3 Å². The summed E-state index contributed by atoms with van der Waals surface area (Å²) in [6.07, 6.45) is 4.53. The van der Waals surface area contributed by atoms with Crippen LogP contribution in [-0.4, -0.2) is 77.3 Å². The van der Waals surface area contributed by atoms with Crippen LogP contribution in [0.2, 0.25) is 0 Å². The van der Waals surface area contributed by atoms with Crippen LogP contribution < -0.4 is 40.6 Å². The minimum Gasteiger partial charge on any atom is -0.502 e. The lowest BCUT2D eigenvalue weighted by atomic mass is 9.65. The first kappa shape index (κ1) is 31.7. The van der Waals surface area contributed by atoms with Crippen molar-refractivity contribution in [3.8, 4) is 28.7 Å². The molecule has 5 rings (SSSR count). The Morgan fingerprint density at radius 1 is 0.909 bits per heavy atom. The first-order valence-corrected chi connectivity index (χ1v) is 15.4. The molecule has 4 atom stereocenters. The van der Waals surface area contributed by atoms with Crippen LogP contribution in [0.5, 0.6) is 28.7 Å². The lowest BCUT2D eigenvalue weighted by Crippen LogP contribution is -2.43. The van der Waals surface area contributed by atoms with E-state index in [1.807, 2.05) is 12.1 Å². The highest BCUT2D eigenvalue weighted by atomic mass is 16.7. The third kappa shape index (κ3) is 6.82. The van der Waals surface area contributed by atoms with E-state index in [-0.39, 0.29) is 48.4 Å². The number of unbranched alkanes of at least 4 members (excludes halogenated alkanes) is 2. The van der Waals surface area contributed by atoms with Gasteiger partial charge in [0.05, 0.1) is 32.8 Å². The van der Waals surface area contributed by atoms with Gasteiger partial charge in [-0.05, 0) is 92.8 Å². The number of ether oxygens (including phenoxy) is 5. The number of hydrogen-bond acceptors (Lipinski definition) is 11. The Morgan fingerprint density at radius 2 is 1.52 bits per heavy atom. The summed E-state index contributed by atoms with van der Waals surface area (Å²) >= 11 is 0. The number of nitrogens with one attached hydrogen (secondary N) is 3. The fourth-order valence-electron chi connectivity index (χ4n) is 6.43. The normalized spacial score (nSPS) is 21.4. The monoisotopic (exact) mass is 612 g/mol. The van der Waals surface area contributed by atoms with Crippen molar-refractivity contribution in [1.29, 1.82) is 0 Å². The lowest BCUT2D eigenvalue weighted by molar-refractivity contribution is -0.141. The molecule has 1 unspecified atom stereocenters. The second kappa shape index (κ2) is 14.8. The zero-order chi connectivity index (χ0) is 31.1. The summed E-state index contributed by atoms with van der Waals surface area (Å²) in [5.74, 6) is -0.348. The van der Waals surface area contributed by atoms with Gasteiger partial charge in [0, 0.05) is 24.8 Å². The van der Waals surface area contributed by atoms with Gasteiger partial charge in [-0.2, -0.15) is 0 Å². The molecule has 0 aromatic heterocycles. The van der Waals surface area contributed by atoms with Crippen LogP contribution in [0.3, 0.4) is 0 Å². The number of aromatic hydroxyl groups is 1. The maximum Gasteiger partial charge on any atom is 0.310 e. The summed E-state index contributed by atoms with van der Waals surface area (Å²) in [7, 11) is 2.92. The summed E-state index contributed by atoms with van der Waals surface area (Å²) in [5.41, 5.74) is 7.88. The minimum absolute atomic E-state index is 0.0890. The van der Waals surface area contributed by atoms with Crippen LogP contribution in [0.25, 0.3) is 0 Å². The van der Waals surface area contributed by atoms with Crippen LogP contribution in [0, 0.1) is 11.8 Å². The third-order valence-corrected chi connectivity index (χ3v) is 8.66. The largest absolute Gasteiger partial charge is 0.502 e. The van der Waals surface area contributed by atoms with Crippen LogP contribution in [0.4, 0.5) is 0 Å². The maximum absolute atomic E-state index is 13.3. The molecule has 44 heavy (non-hydrogen) atoms. The number of esters is 1. The van der Waals surface area contributed by atoms with Gasteiger partial charge < -0.3 is 50.5 Å². The zero-order valence-corrected chi connectivity index (χ0v) is 25.5. The van der Waals surface area contributed by atoms with Gasteiger partial charge in [-0.1, -0.05) is 0 Å². The molecule has 2 aliphatic heterocycles. The molecule has 0 saturated carbocycles. The molecule has 2 aromatic rings. The topological polar surface area (TPSA) is 163 Å². The van der Waals surface area contributed by atoms with Crippen LogP contribution >= 0.6 is 0 Å². The number of hydrogen-bond donors (Lipinski definition) is 5. The number of amides is 1. The Balaban J connectivity index is 1.30. The molecular formula is C32H44N4O8. The molecular weight excluding hydrogens is 568 g/mol. The van der Waals surface area contributed by atoms with Crippen molar-refractivity contribution >= 4 is 11.9 Å². The number of cyclic esters (lactones) is 1. The standard InChI is InChI=1S/C32H44N4O8/c1-40-25-13-19(14-26(41-2)31(25)38)28-20-15-23-24(44-18-43-23)16-21(20)30(22-17-42-32(39)29(22)28)36-27(37)7-12-35-11-6-5-10-34-9-4-3-8-33/h13-16,22,28-30,34-35,38H,3-12,17-18,33H2,1-2H3,(H,36,37)/t22-,28?,29-,30+/m0/s1. The fourth-order valence-corrected chi connectivity index (χ4v) is 6.43. The van der Waals surface area contributed by atoms with Crippen LogP contribution in [-0.2, 0) is 14.3 Å². The van der Waals surface area contributed by atoms with Gasteiger partial charge in [0.15, 0.2) is 23.0 Å². The Bertz CT molecular complexity index is 1300. The van der Waals surface area contributed by atoms with E-state index in [1.54, 1.807) is 12.1 Å². The highest BCUT2D eigenvalue weighted by Gasteiger charge is 2.53. The van der Waals surface area contributed by atoms with E-state index in [2.05, 4.69) is 16.0 Å². The van der Waals surface area contributed by atoms with E-state index in [4.69, 9.17) is 29.4 Å². The highest BCUT2D eigenvalue weighted by Crippen LogP contribution is 2.55. The smallest absolute Gasteiger partial charge is 0.310 e. The van der Waals surface area contributed by atoms with Crippen LogP contribution in [0.1, 0.15) is 60.8 Å². The van der Waals surface area contributed by atoms with E-state index < -0.39 is 17.9 Å². The molecule has 1 fully saturated rings. The molecule has 1 amide bonds. The molecule has 1 saturated heterocycles. The summed E-state index contributed by atoms with van der Waals surface area (Å²) in [6, 6.07) is 6.73. The number of rotatable bonds is 16. The van der Waals surface area contributed by atoms with Crippen molar-refractivity contribution in [2.24, 2.45) is 17.6 Å². The Hall–Kier alpha value is -3.74. The molecule has 6 N–H and O–H groups in total. The van der Waals surface area contributed by atoms with Gasteiger partial charge in [0.25, 0.3) is 0 Å². The molecule has 12 heteroatoms. The van der Waals surface area contributed by atoms with Gasteiger partial charge in [-0.25, -0.2) is 0 Å².